The van der Waals surface area contributed by atoms with Crippen molar-refractivity contribution in [2.45, 2.75) is 167 Å². The molecular weight excluding hydrogens is 1060 g/mol. The lowest BCUT2D eigenvalue weighted by Crippen LogP contribution is -2.50. The Hall–Kier alpha value is -6.56. The van der Waals surface area contributed by atoms with E-state index in [9.17, 15) is 36.6 Å². The molecule has 0 fully saturated rings. The summed E-state index contributed by atoms with van der Waals surface area (Å²) < 4.78 is 70.1. The molecule has 4 aromatic heterocycles. The predicted octanol–water partition coefficient (Wildman–Crippen LogP) is 8.59. The number of pyridine rings is 2. The van der Waals surface area contributed by atoms with Gasteiger partial charge in [-0.05, 0) is 63.1 Å². The fourth-order valence-corrected chi connectivity index (χ4v) is 10.0. The van der Waals surface area contributed by atoms with E-state index in [1.807, 2.05) is 142 Å². The minimum atomic E-state index is -3.91. The molecule has 436 valence electrons. The Morgan fingerprint density at radius 2 is 0.925 bits per heavy atom. The number of nitrogens with one attached hydrogen (secondary N) is 4. The third-order valence-electron chi connectivity index (χ3n) is 13.2. The van der Waals surface area contributed by atoms with E-state index in [0.29, 0.717) is 25.9 Å². The molecule has 2 aromatic carbocycles. The Labute approximate surface area is 472 Å². The van der Waals surface area contributed by atoms with Crippen LogP contribution in [0, 0.1) is 24.7 Å². The number of unbranched alkanes of at least 4 members (excludes halogenated alkanes) is 2. The van der Waals surface area contributed by atoms with Crippen molar-refractivity contribution in [1.29, 1.82) is 0 Å². The molecule has 0 aliphatic heterocycles. The quantitative estimate of drug-likeness (QED) is 0.0297. The highest BCUT2D eigenvalue weighted by molar-refractivity contribution is 7.89. The molecule has 4 heterocycles. The van der Waals surface area contributed by atoms with E-state index in [-0.39, 0.29) is 23.1 Å². The van der Waals surface area contributed by atoms with E-state index in [1.165, 1.54) is 35.7 Å². The van der Waals surface area contributed by atoms with Crippen molar-refractivity contribution >= 4 is 32.2 Å². The van der Waals surface area contributed by atoms with Crippen molar-refractivity contribution in [3.05, 3.63) is 133 Å². The van der Waals surface area contributed by atoms with Gasteiger partial charge in [0.1, 0.15) is 12.2 Å². The second kappa shape index (κ2) is 29.8. The number of carbonyl (C=O) groups is 2. The van der Waals surface area contributed by atoms with Gasteiger partial charge >= 0.3 is 12.2 Å². The molecule has 0 radical (unpaired) electrons. The van der Waals surface area contributed by atoms with Crippen LogP contribution >= 0.6 is 0 Å². The van der Waals surface area contributed by atoms with E-state index in [0.717, 1.165) is 48.2 Å². The van der Waals surface area contributed by atoms with Crippen molar-refractivity contribution < 1.29 is 46.1 Å². The van der Waals surface area contributed by atoms with Crippen molar-refractivity contribution in [2.75, 3.05) is 13.1 Å². The van der Waals surface area contributed by atoms with Crippen LogP contribution in [-0.2, 0) is 42.6 Å². The van der Waals surface area contributed by atoms with Gasteiger partial charge in [0, 0.05) is 59.8 Å². The van der Waals surface area contributed by atoms with Gasteiger partial charge in [-0.2, -0.15) is 10.2 Å². The first-order valence-electron chi connectivity index (χ1n) is 27.1. The molecule has 6 N–H and O–H groups in total. The minimum absolute atomic E-state index is 0.142. The standard InChI is InChI=1S/2C29H41N5O5S/c2*1-6-7-10-24(25(35)19-31-40(37,38)27-11-8-9-17-30-27)32-28(36)39-26(29(3,4)5)20-34-18-16-23(33-34)22-14-12-21(2)13-15-22/h2*8-9,11-18,24-26,31,35H,6-7,10,19-20H2,1-5H3,(H,32,36)/t24-,25+,26+;24-,25-,26+/m00/s1. The molecule has 0 bridgehead atoms. The summed E-state index contributed by atoms with van der Waals surface area (Å²) in [6.45, 7) is 20.0. The number of aryl methyl sites for hydroxylation is 2. The first-order chi connectivity index (χ1) is 37.8. The molecule has 80 heavy (non-hydrogen) atoms. The number of aliphatic hydroxyl groups is 2. The number of alkyl carbamates (subject to hydrolysis) is 2. The van der Waals surface area contributed by atoms with Crippen molar-refractivity contribution in [3.8, 4) is 22.5 Å². The van der Waals surface area contributed by atoms with Gasteiger partial charge in [-0.15, -0.1) is 0 Å². The number of sulfonamides is 2. The van der Waals surface area contributed by atoms with Crippen LogP contribution in [-0.4, -0.2) is 118 Å². The maximum Gasteiger partial charge on any atom is 0.407 e. The van der Waals surface area contributed by atoms with E-state index >= 15 is 0 Å². The third-order valence-corrected chi connectivity index (χ3v) is 15.9. The molecule has 0 aliphatic carbocycles. The van der Waals surface area contributed by atoms with Gasteiger partial charge in [0.25, 0.3) is 20.0 Å². The molecular formula is C58H82N10O10S2. The Kier molecular flexibility index (Phi) is 23.9. The van der Waals surface area contributed by atoms with Crippen LogP contribution < -0.4 is 20.1 Å². The summed E-state index contributed by atoms with van der Waals surface area (Å²) in [6, 6.07) is 27.7. The number of aliphatic hydroxyl groups excluding tert-OH is 2. The predicted molar refractivity (Wildman–Crippen MR) is 308 cm³/mol. The highest BCUT2D eigenvalue weighted by Crippen LogP contribution is 2.27. The van der Waals surface area contributed by atoms with Crippen LogP contribution in [0.25, 0.3) is 22.5 Å². The number of hydrogen-bond donors (Lipinski definition) is 6. The fraction of sp³-hybridized carbons (Fsp3) is 0.483. The molecule has 2 amide bonds. The molecule has 22 heteroatoms. The molecule has 6 rings (SSSR count). The normalized spacial score (nSPS) is 14.3. The van der Waals surface area contributed by atoms with Crippen LogP contribution in [0.5, 0.6) is 0 Å². The Balaban J connectivity index is 0.000000294. The van der Waals surface area contributed by atoms with Crippen molar-refractivity contribution in [2.24, 2.45) is 10.8 Å². The van der Waals surface area contributed by atoms with Crippen molar-refractivity contribution in [3.63, 3.8) is 0 Å². The fourth-order valence-electron chi connectivity index (χ4n) is 8.03. The lowest BCUT2D eigenvalue weighted by molar-refractivity contribution is 0.0124. The second-order valence-corrected chi connectivity index (χ2v) is 25.5. The van der Waals surface area contributed by atoms with Crippen molar-refractivity contribution in [1.82, 2.24) is 49.6 Å². The SMILES string of the molecule is CCCC[C@H](NC(=O)O[C@H](Cn1ccc(-c2ccc(C)cc2)n1)C(C)(C)C)[C@@H](O)CNS(=O)(=O)c1ccccn1.CCCC[C@H](NC(=O)O[C@H](Cn1ccc(-c2ccc(C)cc2)n1)C(C)(C)C)[C@H](O)CNS(=O)(=O)c1ccccn1. The van der Waals surface area contributed by atoms with Gasteiger partial charge in [0.05, 0.1) is 48.8 Å². The topological polar surface area (TPSA) is 271 Å². The number of hydrogen-bond acceptors (Lipinski definition) is 14. The Morgan fingerprint density at radius 1 is 0.562 bits per heavy atom. The zero-order chi connectivity index (χ0) is 58.7. The van der Waals surface area contributed by atoms with Gasteiger partial charge in [0.2, 0.25) is 0 Å². The van der Waals surface area contributed by atoms with Crippen LogP contribution in [0.2, 0.25) is 0 Å². The van der Waals surface area contributed by atoms with Crippen LogP contribution in [0.4, 0.5) is 9.59 Å². The third kappa shape index (κ3) is 20.5. The zero-order valence-electron chi connectivity index (χ0n) is 47.7. The number of benzene rings is 2. The zero-order valence-corrected chi connectivity index (χ0v) is 49.4. The van der Waals surface area contributed by atoms with Gasteiger partial charge in [0.15, 0.2) is 10.1 Å². The number of nitrogens with zero attached hydrogens (tertiary/aromatic N) is 6. The second-order valence-electron chi connectivity index (χ2n) is 22.1. The van der Waals surface area contributed by atoms with E-state index in [4.69, 9.17) is 9.47 Å². The number of rotatable bonds is 26. The van der Waals surface area contributed by atoms with E-state index < -0.39 is 79.6 Å². The summed E-state index contributed by atoms with van der Waals surface area (Å²) in [6.07, 6.45) is 5.77. The summed E-state index contributed by atoms with van der Waals surface area (Å²) in [5, 5.41) is 36.2. The number of aromatic nitrogens is 6. The Morgan fingerprint density at radius 3 is 1.24 bits per heavy atom. The smallest absolute Gasteiger partial charge is 0.407 e. The first kappa shape index (κ1) is 64.3. The lowest BCUT2D eigenvalue weighted by Gasteiger charge is -2.31. The molecule has 0 unspecified atom stereocenters. The van der Waals surface area contributed by atoms with E-state index in [1.54, 1.807) is 33.6 Å². The summed E-state index contributed by atoms with van der Waals surface area (Å²) in [7, 11) is -7.81. The van der Waals surface area contributed by atoms with E-state index in [2.05, 4.69) is 40.2 Å². The van der Waals surface area contributed by atoms with Gasteiger partial charge in [-0.1, -0.05) is 153 Å². The summed E-state index contributed by atoms with van der Waals surface area (Å²) in [5.74, 6) is 0. The molecule has 6 atom stereocenters. The molecule has 20 nitrogen and oxygen atoms in total. The molecule has 6 aromatic rings. The van der Waals surface area contributed by atoms with Gasteiger partial charge < -0.3 is 30.3 Å². The average Bonchev–Trinajstić information content (AvgIpc) is 4.11. The molecule has 0 saturated heterocycles. The maximum atomic E-state index is 13.0. The van der Waals surface area contributed by atoms with Crippen LogP contribution in [0.3, 0.4) is 0 Å². The maximum absolute atomic E-state index is 13.0. The lowest BCUT2D eigenvalue weighted by atomic mass is 9.89. The summed E-state index contributed by atoms with van der Waals surface area (Å²) in [5.41, 5.74) is 5.20. The first-order valence-corrected chi connectivity index (χ1v) is 30.1. The molecule has 0 aliphatic rings. The highest BCUT2D eigenvalue weighted by atomic mass is 32.2. The monoisotopic (exact) mass is 1140 g/mol. The van der Waals surface area contributed by atoms with Gasteiger partial charge in [-0.3, -0.25) is 9.36 Å². The summed E-state index contributed by atoms with van der Waals surface area (Å²) in [4.78, 5) is 33.8. The largest absolute Gasteiger partial charge is 0.444 e. The van der Waals surface area contributed by atoms with Crippen LogP contribution in [0.1, 0.15) is 105 Å². The number of ether oxygens (including phenoxy) is 2. The highest BCUT2D eigenvalue weighted by Gasteiger charge is 2.33. The van der Waals surface area contributed by atoms with Crippen LogP contribution in [0.15, 0.2) is 132 Å². The summed E-state index contributed by atoms with van der Waals surface area (Å²) >= 11 is 0. The van der Waals surface area contributed by atoms with Gasteiger partial charge in [-0.25, -0.2) is 45.8 Å². The Bertz CT molecular complexity index is 2850. The number of carbonyl (C=O) groups excluding carboxylic acids is 2. The molecule has 0 saturated carbocycles. The molecule has 0 spiro atoms. The average molecular weight is 1140 g/mol. The number of amides is 2. The minimum Gasteiger partial charge on any atom is -0.444 e.